The highest BCUT2D eigenvalue weighted by molar-refractivity contribution is 8.16. The van der Waals surface area contributed by atoms with Crippen LogP contribution in [-0.4, -0.2) is 57.6 Å². The van der Waals surface area contributed by atoms with Gasteiger partial charge in [-0.3, -0.25) is 4.79 Å². The van der Waals surface area contributed by atoms with E-state index in [0.717, 1.165) is 30.9 Å². The average Bonchev–Trinajstić information content (AvgIpc) is 3.32. The minimum absolute atomic E-state index is 0.149. The van der Waals surface area contributed by atoms with Crippen molar-refractivity contribution in [3.8, 4) is 0 Å². The molecule has 2 aliphatic heterocycles. The molecule has 0 atom stereocenters. The normalized spacial score (nSPS) is 18.2. The van der Waals surface area contributed by atoms with Crippen LogP contribution >= 0.6 is 23.4 Å². The summed E-state index contributed by atoms with van der Waals surface area (Å²) in [7, 11) is 0. The van der Waals surface area contributed by atoms with Crippen LogP contribution in [0.4, 0.5) is 0 Å². The van der Waals surface area contributed by atoms with Crippen LogP contribution in [0.25, 0.3) is 18.0 Å². The topological polar surface area (TPSA) is 62.5 Å². The zero-order valence-electron chi connectivity index (χ0n) is 15.4. The fourth-order valence-corrected chi connectivity index (χ4v) is 4.22. The van der Waals surface area contributed by atoms with Gasteiger partial charge in [0.1, 0.15) is 0 Å². The Balaban J connectivity index is 1.74. The lowest BCUT2D eigenvalue weighted by atomic mass is 10.1. The van der Waals surface area contributed by atoms with Gasteiger partial charge in [0.25, 0.3) is 5.91 Å². The van der Waals surface area contributed by atoms with Crippen LogP contribution in [0.5, 0.6) is 0 Å². The van der Waals surface area contributed by atoms with Crippen LogP contribution in [0.2, 0.25) is 0 Å². The number of likely N-dealkylation sites (tertiary alicyclic amines) is 1. The molecule has 6 nitrogen and oxygen atoms in total. The summed E-state index contributed by atoms with van der Waals surface area (Å²) in [6.45, 7) is 9.45. The average molecular weight is 406 g/mol. The van der Waals surface area contributed by atoms with Gasteiger partial charge in [-0.1, -0.05) is 36.0 Å². The molecule has 1 N–H and O–H groups in total. The van der Waals surface area contributed by atoms with E-state index in [0.29, 0.717) is 28.1 Å². The zero-order valence-corrected chi connectivity index (χ0v) is 17.0. The van der Waals surface area contributed by atoms with E-state index in [1.165, 1.54) is 24.6 Å². The van der Waals surface area contributed by atoms with E-state index in [4.69, 9.17) is 11.6 Å². The predicted molar refractivity (Wildman–Crippen MR) is 115 cm³/mol. The Morgan fingerprint density at radius 2 is 2.22 bits per heavy atom. The van der Waals surface area contributed by atoms with Crippen molar-refractivity contribution in [1.82, 2.24) is 20.0 Å². The number of nitrogens with zero attached hydrogens (tertiary/aromatic N) is 4. The van der Waals surface area contributed by atoms with Gasteiger partial charge in [0.05, 0.1) is 22.6 Å². The van der Waals surface area contributed by atoms with Gasteiger partial charge in [0.2, 0.25) is 0 Å². The first-order valence-electron chi connectivity index (χ1n) is 9.08. The van der Waals surface area contributed by atoms with Crippen molar-refractivity contribution in [2.24, 2.45) is 4.99 Å². The Kier molecular flexibility index (Phi) is 6.93. The zero-order chi connectivity index (χ0) is 19.2. The van der Waals surface area contributed by atoms with Crippen LogP contribution in [0, 0.1) is 0 Å². The molecule has 1 aromatic rings. The van der Waals surface area contributed by atoms with E-state index >= 15 is 0 Å². The standard InChI is InChI=1S/C19H24ClN5OS/c1-3-7-16-14(12-22-25(16)4-2)17-15(20)13-27-19(23-17)18(26)21-8-11-24-9-5-6-10-24/h3-4,7,12H,2,5-6,8-11,13H2,1H3,(H,21,26)/b7-3-. The van der Waals surface area contributed by atoms with Crippen molar-refractivity contribution in [3.05, 3.63) is 35.1 Å². The summed E-state index contributed by atoms with van der Waals surface area (Å²) in [5.41, 5.74) is 2.23. The lowest BCUT2D eigenvalue weighted by Crippen LogP contribution is -2.36. The number of hydrogen-bond acceptors (Lipinski definition) is 5. The van der Waals surface area contributed by atoms with E-state index in [-0.39, 0.29) is 5.91 Å². The fourth-order valence-electron chi connectivity index (χ4n) is 3.15. The van der Waals surface area contributed by atoms with Crippen molar-refractivity contribution in [1.29, 1.82) is 0 Å². The van der Waals surface area contributed by atoms with E-state index in [9.17, 15) is 4.79 Å². The number of allylic oxidation sites excluding steroid dienone is 1. The first kappa shape index (κ1) is 19.9. The summed E-state index contributed by atoms with van der Waals surface area (Å²) >= 11 is 7.79. The van der Waals surface area contributed by atoms with Crippen molar-refractivity contribution in [2.45, 2.75) is 19.8 Å². The molecule has 1 aromatic heterocycles. The molecular weight excluding hydrogens is 382 g/mol. The molecule has 0 aliphatic carbocycles. The maximum atomic E-state index is 12.5. The van der Waals surface area contributed by atoms with Crippen LogP contribution in [-0.2, 0) is 4.79 Å². The summed E-state index contributed by atoms with van der Waals surface area (Å²) in [4.78, 5) is 19.5. The second kappa shape index (κ2) is 9.39. The Hall–Kier alpha value is -1.83. The summed E-state index contributed by atoms with van der Waals surface area (Å²) in [6, 6.07) is 0. The monoisotopic (exact) mass is 405 g/mol. The molecule has 144 valence electrons. The number of nitrogens with one attached hydrogen (secondary N) is 1. The highest BCUT2D eigenvalue weighted by atomic mass is 35.5. The van der Waals surface area contributed by atoms with Gasteiger partial charge in [-0.2, -0.15) is 5.10 Å². The molecule has 0 radical (unpaired) electrons. The van der Waals surface area contributed by atoms with E-state index in [1.807, 2.05) is 19.1 Å². The summed E-state index contributed by atoms with van der Waals surface area (Å²) in [5, 5.41) is 8.32. The molecule has 1 saturated heterocycles. The molecule has 1 amide bonds. The minimum atomic E-state index is -0.149. The number of amides is 1. The maximum Gasteiger partial charge on any atom is 0.276 e. The molecular formula is C19H24ClN5OS. The molecule has 27 heavy (non-hydrogen) atoms. The van der Waals surface area contributed by atoms with E-state index < -0.39 is 0 Å². The van der Waals surface area contributed by atoms with Gasteiger partial charge in [0.15, 0.2) is 5.04 Å². The number of carbonyl (C=O) groups is 1. The van der Waals surface area contributed by atoms with E-state index in [1.54, 1.807) is 17.1 Å². The molecule has 3 heterocycles. The molecule has 0 unspecified atom stereocenters. The largest absolute Gasteiger partial charge is 0.349 e. The van der Waals surface area contributed by atoms with Crippen LogP contribution < -0.4 is 5.32 Å². The van der Waals surface area contributed by atoms with Crippen molar-refractivity contribution in [3.63, 3.8) is 0 Å². The minimum Gasteiger partial charge on any atom is -0.349 e. The van der Waals surface area contributed by atoms with Gasteiger partial charge in [-0.05, 0) is 38.9 Å². The summed E-state index contributed by atoms with van der Waals surface area (Å²) in [5.74, 6) is 0.369. The molecule has 1 fully saturated rings. The molecule has 0 bridgehead atoms. The second-order valence-corrected chi connectivity index (χ2v) is 7.75. The van der Waals surface area contributed by atoms with Gasteiger partial charge in [-0.15, -0.1) is 0 Å². The SMILES string of the molecule is C=Cn1ncc(C2=C(Cl)CSC(C(=O)NCCN3CCCC3)=N2)c1/C=C\C. The number of aromatic nitrogens is 2. The number of rotatable bonds is 7. The number of thioether (sulfide) groups is 1. The molecule has 0 aromatic carbocycles. The highest BCUT2D eigenvalue weighted by Crippen LogP contribution is 2.33. The second-order valence-electron chi connectivity index (χ2n) is 6.33. The lowest BCUT2D eigenvalue weighted by Gasteiger charge is -2.17. The molecule has 8 heteroatoms. The Morgan fingerprint density at radius 1 is 1.44 bits per heavy atom. The summed E-state index contributed by atoms with van der Waals surface area (Å²) < 4.78 is 1.67. The Labute approximate surface area is 169 Å². The van der Waals surface area contributed by atoms with Gasteiger partial charge >= 0.3 is 0 Å². The smallest absolute Gasteiger partial charge is 0.276 e. The van der Waals surface area contributed by atoms with Crippen molar-refractivity contribution in [2.75, 3.05) is 31.9 Å². The number of halogens is 1. The summed E-state index contributed by atoms with van der Waals surface area (Å²) in [6.07, 6.45) is 9.67. The quantitative estimate of drug-likeness (QED) is 0.756. The third-order valence-electron chi connectivity index (χ3n) is 4.50. The lowest BCUT2D eigenvalue weighted by molar-refractivity contribution is -0.114. The molecule has 3 rings (SSSR count). The fraction of sp³-hybridized carbons (Fsp3) is 0.421. The number of aliphatic imine (C=N–C) groups is 1. The predicted octanol–water partition coefficient (Wildman–Crippen LogP) is 3.28. The van der Waals surface area contributed by atoms with Crippen LogP contribution in [0.15, 0.2) is 28.9 Å². The molecule has 2 aliphatic rings. The van der Waals surface area contributed by atoms with E-state index in [2.05, 4.69) is 26.9 Å². The first-order valence-corrected chi connectivity index (χ1v) is 10.4. The maximum absolute atomic E-state index is 12.5. The van der Waals surface area contributed by atoms with Crippen LogP contribution in [0.1, 0.15) is 31.0 Å². The first-order chi connectivity index (χ1) is 13.1. The van der Waals surface area contributed by atoms with Gasteiger partial charge in [-0.25, -0.2) is 9.67 Å². The number of hydrogen-bond donors (Lipinski definition) is 1. The molecule has 0 spiro atoms. The Morgan fingerprint density at radius 3 is 2.93 bits per heavy atom. The Bertz CT molecular complexity index is 805. The molecule has 0 saturated carbocycles. The highest BCUT2D eigenvalue weighted by Gasteiger charge is 2.23. The van der Waals surface area contributed by atoms with Crippen LogP contribution in [0.3, 0.4) is 0 Å². The van der Waals surface area contributed by atoms with Crippen molar-refractivity contribution < 1.29 is 4.79 Å². The van der Waals surface area contributed by atoms with Gasteiger partial charge in [0, 0.05) is 30.6 Å². The van der Waals surface area contributed by atoms with Gasteiger partial charge < -0.3 is 10.2 Å². The third-order valence-corrected chi connectivity index (χ3v) is 5.95. The van der Waals surface area contributed by atoms with Crippen molar-refractivity contribution >= 4 is 52.3 Å². The number of carbonyl (C=O) groups excluding carboxylic acids is 1. The third kappa shape index (κ3) is 4.72.